The van der Waals surface area contributed by atoms with Gasteiger partial charge in [0.05, 0.1) is 12.8 Å². The van der Waals surface area contributed by atoms with Gasteiger partial charge in [0.2, 0.25) is 5.91 Å². The van der Waals surface area contributed by atoms with Gasteiger partial charge in [-0.2, -0.15) is 0 Å². The molecule has 1 fully saturated rings. The van der Waals surface area contributed by atoms with Crippen molar-refractivity contribution in [3.8, 4) is 5.75 Å². The highest BCUT2D eigenvalue weighted by Gasteiger charge is 2.37. The normalized spacial score (nSPS) is 19.8. The van der Waals surface area contributed by atoms with Crippen LogP contribution in [0, 0.1) is 5.82 Å². The third-order valence-electron chi connectivity index (χ3n) is 6.77. The molecule has 2 aliphatic heterocycles. The van der Waals surface area contributed by atoms with Crippen LogP contribution in [0.15, 0.2) is 42.1 Å². The minimum Gasteiger partial charge on any atom is -0.496 e. The first-order valence-electron chi connectivity index (χ1n) is 11.9. The van der Waals surface area contributed by atoms with E-state index in [1.54, 1.807) is 19.3 Å². The van der Waals surface area contributed by atoms with E-state index in [0.717, 1.165) is 29.1 Å². The maximum atomic E-state index is 13.8. The molecule has 0 aromatic heterocycles. The molecule has 1 unspecified atom stereocenters. The number of methoxy groups -OCH3 is 1. The summed E-state index contributed by atoms with van der Waals surface area (Å²) in [6.45, 7) is 9.04. The molecule has 0 aliphatic carbocycles. The Balaban J connectivity index is 1.59. The Labute approximate surface area is 210 Å². The van der Waals surface area contributed by atoms with Gasteiger partial charge in [0.25, 0.3) is 5.91 Å². The van der Waals surface area contributed by atoms with Crippen LogP contribution in [0.3, 0.4) is 0 Å². The number of para-hydroxylation sites is 1. The zero-order chi connectivity index (χ0) is 26.2. The Morgan fingerprint density at radius 1 is 1.28 bits per heavy atom. The molecule has 2 aromatic rings. The second-order valence-corrected chi connectivity index (χ2v) is 9.72. The monoisotopic (exact) mass is 494 g/mol. The highest BCUT2D eigenvalue weighted by molar-refractivity contribution is 6.16. The van der Waals surface area contributed by atoms with E-state index in [0.29, 0.717) is 11.3 Å². The van der Waals surface area contributed by atoms with E-state index in [4.69, 9.17) is 4.74 Å². The molecule has 0 saturated carbocycles. The van der Waals surface area contributed by atoms with Crippen LogP contribution in [0.25, 0.3) is 6.08 Å². The lowest BCUT2D eigenvalue weighted by atomic mass is 9.79. The Kier molecular flexibility index (Phi) is 6.75. The van der Waals surface area contributed by atoms with Gasteiger partial charge in [0, 0.05) is 29.4 Å². The van der Waals surface area contributed by atoms with Gasteiger partial charge in [-0.3, -0.25) is 9.59 Å². The number of hydrogen-bond acceptors (Lipinski definition) is 5. The summed E-state index contributed by atoms with van der Waals surface area (Å²) >= 11 is 0. The Morgan fingerprint density at radius 3 is 2.67 bits per heavy atom. The third kappa shape index (κ3) is 4.65. The summed E-state index contributed by atoms with van der Waals surface area (Å²) in [5, 5.41) is 4.92. The molecule has 0 bridgehead atoms. The van der Waals surface area contributed by atoms with Gasteiger partial charge < -0.3 is 20.3 Å². The van der Waals surface area contributed by atoms with Crippen molar-refractivity contribution in [3.63, 3.8) is 0 Å². The van der Waals surface area contributed by atoms with E-state index in [1.165, 1.54) is 18.2 Å². The van der Waals surface area contributed by atoms with Crippen molar-refractivity contribution in [1.29, 1.82) is 0 Å². The molecule has 36 heavy (non-hydrogen) atoms. The summed E-state index contributed by atoms with van der Waals surface area (Å²) in [5.74, 6) is -1.08. The lowest BCUT2D eigenvalue weighted by Gasteiger charge is -2.47. The molecule has 2 aliphatic rings. The van der Waals surface area contributed by atoms with Crippen LogP contribution >= 0.6 is 0 Å². The second kappa shape index (κ2) is 9.64. The van der Waals surface area contributed by atoms with Gasteiger partial charge in [0.15, 0.2) is 0 Å². The van der Waals surface area contributed by atoms with Gasteiger partial charge >= 0.3 is 6.03 Å². The zero-order valence-corrected chi connectivity index (χ0v) is 21.1. The number of carbonyl (C=O) groups is 3. The molecule has 4 amide bonds. The van der Waals surface area contributed by atoms with Gasteiger partial charge in [-0.25, -0.2) is 14.1 Å². The molecule has 190 valence electrons. The van der Waals surface area contributed by atoms with E-state index >= 15 is 0 Å². The van der Waals surface area contributed by atoms with E-state index in [1.807, 2.05) is 12.1 Å². The number of hydrogen-bond donors (Lipinski definition) is 2. The number of carbonyl (C=O) groups excluding carboxylic acids is 3. The van der Waals surface area contributed by atoms with E-state index < -0.39 is 30.2 Å². The fourth-order valence-electron chi connectivity index (χ4n) is 5.18. The summed E-state index contributed by atoms with van der Waals surface area (Å²) in [7, 11) is 1.56. The number of ether oxygens (including phenoxy) is 1. The molecule has 9 heteroatoms. The van der Waals surface area contributed by atoms with Crippen molar-refractivity contribution in [3.05, 3.63) is 59.0 Å². The molecular formula is C27H31FN4O4. The largest absolute Gasteiger partial charge is 0.496 e. The summed E-state index contributed by atoms with van der Waals surface area (Å²) in [5.41, 5.74) is 2.89. The van der Waals surface area contributed by atoms with Crippen LogP contribution in [-0.2, 0) is 9.59 Å². The summed E-state index contributed by atoms with van der Waals surface area (Å²) in [6, 6.07) is 8.92. The highest BCUT2D eigenvalue weighted by Crippen LogP contribution is 2.46. The number of fused-ring (bicyclic) bond motifs is 1. The smallest absolute Gasteiger partial charge is 0.329 e. The van der Waals surface area contributed by atoms with Crippen molar-refractivity contribution in [2.75, 3.05) is 30.4 Å². The number of nitrogens with one attached hydrogen (secondary N) is 2. The van der Waals surface area contributed by atoms with Gasteiger partial charge in [-0.15, -0.1) is 0 Å². The Morgan fingerprint density at radius 2 is 2.00 bits per heavy atom. The predicted octanol–water partition coefficient (Wildman–Crippen LogP) is 4.48. The SMILES string of the molecule is CCN1c2cc(OC)c(/C=C3/NC(=O)N(CC(=O)Nc4ccccc4F)C3=O)cc2C(C)CC1(C)C. The third-order valence-corrected chi connectivity index (χ3v) is 6.77. The highest BCUT2D eigenvalue weighted by atomic mass is 19.1. The quantitative estimate of drug-likeness (QED) is 0.457. The van der Waals surface area contributed by atoms with Crippen LogP contribution in [0.2, 0.25) is 0 Å². The fourth-order valence-corrected chi connectivity index (χ4v) is 5.18. The molecule has 0 spiro atoms. The molecule has 2 N–H and O–H groups in total. The summed E-state index contributed by atoms with van der Waals surface area (Å²) < 4.78 is 19.5. The van der Waals surface area contributed by atoms with Gasteiger partial charge in [0.1, 0.15) is 23.8 Å². The fraction of sp³-hybridized carbons (Fsp3) is 0.370. The average Bonchev–Trinajstić information content (AvgIpc) is 3.07. The molecule has 4 rings (SSSR count). The average molecular weight is 495 g/mol. The number of amides is 4. The van der Waals surface area contributed by atoms with Crippen molar-refractivity contribution in [1.82, 2.24) is 10.2 Å². The van der Waals surface area contributed by atoms with E-state index in [-0.39, 0.29) is 22.8 Å². The predicted molar refractivity (Wildman–Crippen MR) is 136 cm³/mol. The van der Waals surface area contributed by atoms with Crippen molar-refractivity contribution < 1.29 is 23.5 Å². The number of benzene rings is 2. The van der Waals surface area contributed by atoms with Crippen LogP contribution in [0.1, 0.15) is 51.2 Å². The van der Waals surface area contributed by atoms with Crippen LogP contribution in [0.4, 0.5) is 20.6 Å². The number of halogens is 1. The summed E-state index contributed by atoms with van der Waals surface area (Å²) in [6.07, 6.45) is 2.54. The first-order chi connectivity index (χ1) is 17.1. The number of urea groups is 1. The molecule has 1 saturated heterocycles. The lowest BCUT2D eigenvalue weighted by Crippen LogP contribution is -2.48. The Bertz CT molecular complexity index is 1260. The number of nitrogens with zero attached hydrogens (tertiary/aromatic N) is 2. The topological polar surface area (TPSA) is 91.0 Å². The van der Waals surface area contributed by atoms with Gasteiger partial charge in [-0.05, 0) is 62.9 Å². The lowest BCUT2D eigenvalue weighted by molar-refractivity contribution is -0.127. The minimum atomic E-state index is -0.723. The molecular weight excluding hydrogens is 463 g/mol. The van der Waals surface area contributed by atoms with Gasteiger partial charge in [-0.1, -0.05) is 19.1 Å². The van der Waals surface area contributed by atoms with Crippen molar-refractivity contribution in [2.45, 2.75) is 45.6 Å². The standard InChI is InChI=1S/C27H31FN4O4/c1-6-32-22-13-23(36-5)17(11-18(22)16(2)14-27(32,3)4)12-21-25(34)31(26(35)30-21)15-24(33)29-20-10-8-7-9-19(20)28/h7-13,16H,6,14-15H2,1-5H3,(H,29,33)(H,30,35)/b21-12+. The zero-order valence-electron chi connectivity index (χ0n) is 21.1. The molecule has 0 radical (unpaired) electrons. The van der Waals surface area contributed by atoms with Crippen molar-refractivity contribution in [2.24, 2.45) is 0 Å². The maximum absolute atomic E-state index is 13.8. The Hall–Kier alpha value is -3.88. The second-order valence-electron chi connectivity index (χ2n) is 9.72. The number of anilines is 2. The van der Waals surface area contributed by atoms with Crippen LogP contribution in [-0.4, -0.2) is 48.5 Å². The number of imide groups is 1. The first kappa shape index (κ1) is 25.2. The number of rotatable bonds is 6. The summed E-state index contributed by atoms with van der Waals surface area (Å²) in [4.78, 5) is 41.0. The first-order valence-corrected chi connectivity index (χ1v) is 11.9. The molecule has 8 nitrogen and oxygen atoms in total. The van der Waals surface area contributed by atoms with E-state index in [2.05, 4.69) is 43.2 Å². The van der Waals surface area contributed by atoms with E-state index in [9.17, 15) is 18.8 Å². The van der Waals surface area contributed by atoms with Crippen molar-refractivity contribution >= 4 is 35.3 Å². The molecule has 2 heterocycles. The maximum Gasteiger partial charge on any atom is 0.329 e. The molecule has 1 atom stereocenters. The van der Waals surface area contributed by atoms with Crippen LogP contribution < -0.4 is 20.3 Å². The molecule has 2 aromatic carbocycles. The minimum absolute atomic E-state index is 0.00864. The van der Waals surface area contributed by atoms with Crippen LogP contribution in [0.5, 0.6) is 5.75 Å².